The number of amides is 3. The molecule has 2 atom stereocenters. The van der Waals surface area contributed by atoms with Crippen molar-refractivity contribution >= 4 is 41.4 Å². The van der Waals surface area contributed by atoms with Gasteiger partial charge in [0.25, 0.3) is 0 Å². The molecule has 8 nitrogen and oxygen atoms in total. The number of thioether (sulfide) groups is 2. The van der Waals surface area contributed by atoms with Gasteiger partial charge in [0.05, 0.1) is 5.88 Å². The molecule has 1 saturated carbocycles. The number of carbonyl (C=O) groups excluding carboxylic acids is 3. The number of likely N-dealkylation sites (tertiary alicyclic amines) is 1. The maximum Gasteiger partial charge on any atom is 0.411 e. The van der Waals surface area contributed by atoms with Crippen LogP contribution >= 0.6 is 23.5 Å². The van der Waals surface area contributed by atoms with Crippen LogP contribution in [0.15, 0.2) is 30.3 Å². The van der Waals surface area contributed by atoms with Gasteiger partial charge < -0.3 is 15.4 Å². The lowest BCUT2D eigenvalue weighted by Crippen LogP contribution is -2.55. The second kappa shape index (κ2) is 16.2. The third-order valence-electron chi connectivity index (χ3n) is 8.33. The molecule has 2 aliphatic heterocycles. The lowest BCUT2D eigenvalue weighted by atomic mass is 9.91. The molecule has 1 aliphatic carbocycles. The summed E-state index contributed by atoms with van der Waals surface area (Å²) in [7, 11) is 0. The van der Waals surface area contributed by atoms with Gasteiger partial charge in [-0.1, -0.05) is 49.6 Å². The van der Waals surface area contributed by atoms with Crippen molar-refractivity contribution in [2.24, 2.45) is 11.8 Å². The minimum atomic E-state index is -0.641. The molecular formula is C32H50N4O4S2. The quantitative estimate of drug-likeness (QED) is 0.356. The molecule has 10 heteroatoms. The van der Waals surface area contributed by atoms with Gasteiger partial charge in [0, 0.05) is 24.6 Å². The Morgan fingerprint density at radius 2 is 1.74 bits per heavy atom. The van der Waals surface area contributed by atoms with Gasteiger partial charge in [-0.15, -0.1) is 11.8 Å². The fourth-order valence-corrected chi connectivity index (χ4v) is 8.29. The highest BCUT2D eigenvalue weighted by atomic mass is 32.2. The molecule has 2 saturated heterocycles. The fourth-order valence-electron chi connectivity index (χ4n) is 5.88. The van der Waals surface area contributed by atoms with E-state index in [1.807, 2.05) is 26.8 Å². The third kappa shape index (κ3) is 10.7. The Labute approximate surface area is 260 Å². The van der Waals surface area contributed by atoms with Crippen molar-refractivity contribution in [3.63, 3.8) is 0 Å². The Bertz CT molecular complexity index is 1010. The zero-order chi connectivity index (χ0) is 30.0. The smallest absolute Gasteiger partial charge is 0.411 e. The van der Waals surface area contributed by atoms with Crippen molar-refractivity contribution in [1.29, 1.82) is 0 Å². The summed E-state index contributed by atoms with van der Waals surface area (Å²) in [5.41, 5.74) is 0.695. The molecule has 1 aromatic carbocycles. The van der Waals surface area contributed by atoms with E-state index in [-0.39, 0.29) is 11.8 Å². The summed E-state index contributed by atoms with van der Waals surface area (Å²) in [6.45, 7) is 9.09. The predicted octanol–water partition coefficient (Wildman–Crippen LogP) is 5.12. The summed E-state index contributed by atoms with van der Waals surface area (Å²) in [5, 5.41) is 6.19. The van der Waals surface area contributed by atoms with E-state index < -0.39 is 23.8 Å². The SMILES string of the molecule is CC(C)(C)OC(=O)N1CSCC1C(=O)NC(CSCC1CCCCC1)C(=O)NCC1CCN(Cc2ccccc2)CC1. The summed E-state index contributed by atoms with van der Waals surface area (Å²) in [6, 6.07) is 9.29. The number of hydrogen-bond donors (Lipinski definition) is 2. The van der Waals surface area contributed by atoms with E-state index in [4.69, 9.17) is 4.74 Å². The van der Waals surface area contributed by atoms with Crippen LogP contribution in [0.1, 0.15) is 71.3 Å². The number of rotatable bonds is 11. The standard InChI is InChI=1S/C32H50N4O4S2/c1-32(2,3)40-31(39)36-23-42-22-28(36)30(38)34-27(21-41-20-26-12-8-5-9-13-26)29(37)33-18-24-14-16-35(17-15-24)19-25-10-6-4-7-11-25/h4,6-7,10-11,24,26-28H,5,8-9,12-23H2,1-3H3,(H,33,37)(H,34,38). The summed E-state index contributed by atoms with van der Waals surface area (Å²) in [4.78, 5) is 43.6. The lowest BCUT2D eigenvalue weighted by Gasteiger charge is -2.32. The van der Waals surface area contributed by atoms with Crippen molar-refractivity contribution in [3.8, 4) is 0 Å². The van der Waals surface area contributed by atoms with Gasteiger partial charge in [0.15, 0.2) is 0 Å². The number of benzene rings is 1. The average Bonchev–Trinajstić information content (AvgIpc) is 3.47. The van der Waals surface area contributed by atoms with Crippen LogP contribution in [0.25, 0.3) is 0 Å². The first-order chi connectivity index (χ1) is 20.2. The minimum absolute atomic E-state index is 0.124. The van der Waals surface area contributed by atoms with Gasteiger partial charge in [-0.3, -0.25) is 19.4 Å². The minimum Gasteiger partial charge on any atom is -0.444 e. The number of hydrogen-bond acceptors (Lipinski definition) is 7. The summed E-state index contributed by atoms with van der Waals surface area (Å²) >= 11 is 3.29. The van der Waals surface area contributed by atoms with Crippen LogP contribution in [0.2, 0.25) is 0 Å². The third-order valence-corrected chi connectivity index (χ3v) is 10.6. The number of carbonyl (C=O) groups is 3. The largest absolute Gasteiger partial charge is 0.444 e. The number of ether oxygens (including phenoxy) is 1. The van der Waals surface area contributed by atoms with Crippen molar-refractivity contribution in [2.45, 2.75) is 89.9 Å². The van der Waals surface area contributed by atoms with Crippen LogP contribution in [-0.4, -0.2) is 88.2 Å². The van der Waals surface area contributed by atoms with Gasteiger partial charge in [-0.2, -0.15) is 11.8 Å². The molecule has 2 unspecified atom stereocenters. The Morgan fingerprint density at radius 3 is 2.43 bits per heavy atom. The highest BCUT2D eigenvalue weighted by molar-refractivity contribution is 7.99. The van der Waals surface area contributed by atoms with E-state index in [0.717, 1.165) is 38.2 Å². The van der Waals surface area contributed by atoms with Gasteiger partial charge in [-0.05, 0) is 82.7 Å². The van der Waals surface area contributed by atoms with Crippen molar-refractivity contribution < 1.29 is 19.1 Å². The highest BCUT2D eigenvalue weighted by Gasteiger charge is 2.38. The second-order valence-corrected chi connectivity index (χ2v) is 15.1. The molecular weight excluding hydrogens is 569 g/mol. The lowest BCUT2D eigenvalue weighted by molar-refractivity contribution is -0.130. The topological polar surface area (TPSA) is 91.0 Å². The van der Waals surface area contributed by atoms with Gasteiger partial charge >= 0.3 is 6.09 Å². The maximum absolute atomic E-state index is 13.5. The zero-order valence-electron chi connectivity index (χ0n) is 25.6. The van der Waals surface area contributed by atoms with Crippen LogP contribution in [0.5, 0.6) is 0 Å². The normalized spacial score (nSPS) is 21.6. The number of piperidine rings is 1. The molecule has 0 bridgehead atoms. The van der Waals surface area contributed by atoms with E-state index in [2.05, 4.69) is 39.8 Å². The molecule has 3 amide bonds. The molecule has 3 fully saturated rings. The van der Waals surface area contributed by atoms with Gasteiger partial charge in [-0.25, -0.2) is 4.79 Å². The van der Waals surface area contributed by atoms with Crippen LogP contribution < -0.4 is 10.6 Å². The molecule has 1 aromatic rings. The Balaban J connectivity index is 1.29. The monoisotopic (exact) mass is 618 g/mol. The van der Waals surface area contributed by atoms with E-state index in [0.29, 0.717) is 35.8 Å². The van der Waals surface area contributed by atoms with E-state index in [1.165, 1.54) is 54.3 Å². The first-order valence-electron chi connectivity index (χ1n) is 15.7. The van der Waals surface area contributed by atoms with Crippen molar-refractivity contribution in [3.05, 3.63) is 35.9 Å². The average molecular weight is 619 g/mol. The molecule has 2 N–H and O–H groups in total. The Morgan fingerprint density at radius 1 is 1.02 bits per heavy atom. The van der Waals surface area contributed by atoms with E-state index >= 15 is 0 Å². The first-order valence-corrected chi connectivity index (χ1v) is 18.0. The Kier molecular flexibility index (Phi) is 12.8. The molecule has 0 radical (unpaired) electrons. The van der Waals surface area contributed by atoms with Crippen LogP contribution in [-0.2, 0) is 20.9 Å². The molecule has 234 valence electrons. The molecule has 0 aromatic heterocycles. The van der Waals surface area contributed by atoms with Crippen LogP contribution in [0.4, 0.5) is 4.79 Å². The van der Waals surface area contributed by atoms with E-state index in [9.17, 15) is 14.4 Å². The molecule has 0 spiro atoms. The second-order valence-electron chi connectivity index (χ2n) is 13.0. The van der Waals surface area contributed by atoms with Gasteiger partial charge in [0.1, 0.15) is 17.7 Å². The Hall–Kier alpha value is -1.91. The predicted molar refractivity (Wildman–Crippen MR) is 172 cm³/mol. The first kappa shape index (κ1) is 33.0. The number of nitrogens with zero attached hydrogens (tertiary/aromatic N) is 2. The summed E-state index contributed by atoms with van der Waals surface area (Å²) < 4.78 is 5.54. The summed E-state index contributed by atoms with van der Waals surface area (Å²) in [5.74, 6) is 3.18. The van der Waals surface area contributed by atoms with Crippen LogP contribution in [0, 0.1) is 11.8 Å². The van der Waals surface area contributed by atoms with Crippen molar-refractivity contribution in [1.82, 2.24) is 20.4 Å². The van der Waals surface area contributed by atoms with Crippen molar-refractivity contribution in [2.75, 3.05) is 42.8 Å². The maximum atomic E-state index is 13.5. The highest BCUT2D eigenvalue weighted by Crippen LogP contribution is 2.28. The molecule has 2 heterocycles. The molecule has 3 aliphatic rings. The van der Waals surface area contributed by atoms with E-state index in [1.54, 1.807) is 11.8 Å². The molecule has 4 rings (SSSR count). The fraction of sp³-hybridized carbons (Fsp3) is 0.719. The zero-order valence-corrected chi connectivity index (χ0v) is 27.3. The van der Waals surface area contributed by atoms with Crippen LogP contribution in [0.3, 0.4) is 0 Å². The molecule has 42 heavy (non-hydrogen) atoms. The van der Waals surface area contributed by atoms with Gasteiger partial charge in [0.2, 0.25) is 11.8 Å². The number of nitrogens with one attached hydrogen (secondary N) is 2. The summed E-state index contributed by atoms with van der Waals surface area (Å²) in [6.07, 6.45) is 8.01.